The van der Waals surface area contributed by atoms with Crippen molar-refractivity contribution in [3.8, 4) is 5.75 Å². The molecule has 170 valence electrons. The first-order valence-electron chi connectivity index (χ1n) is 9.97. The third-order valence-corrected chi connectivity index (χ3v) is 5.70. The summed E-state index contributed by atoms with van der Waals surface area (Å²) in [5.41, 5.74) is 0.936. The van der Waals surface area contributed by atoms with Crippen molar-refractivity contribution in [2.45, 2.75) is 45.8 Å². The van der Waals surface area contributed by atoms with E-state index in [1.165, 1.54) is 6.92 Å². The predicted octanol–water partition coefficient (Wildman–Crippen LogP) is 3.66. The molecule has 1 amide bonds. The lowest BCUT2D eigenvalue weighted by Gasteiger charge is -2.28. The summed E-state index contributed by atoms with van der Waals surface area (Å²) in [6.07, 6.45) is 2.31. The van der Waals surface area contributed by atoms with Crippen LogP contribution in [0, 0.1) is 11.6 Å². The molecule has 2 aromatic carbocycles. The lowest BCUT2D eigenvalue weighted by atomic mass is 10.1. The van der Waals surface area contributed by atoms with Crippen molar-refractivity contribution in [1.82, 2.24) is 5.32 Å². The molecule has 0 bridgehead atoms. The number of ether oxygens (including phenoxy) is 1. The van der Waals surface area contributed by atoms with Gasteiger partial charge in [0.25, 0.3) is 0 Å². The number of carbonyl (C=O) groups is 1. The molecule has 0 aromatic heterocycles. The highest BCUT2D eigenvalue weighted by molar-refractivity contribution is 7.92. The third-order valence-electron chi connectivity index (χ3n) is 4.46. The molecule has 0 radical (unpaired) electrons. The fourth-order valence-electron chi connectivity index (χ4n) is 3.13. The summed E-state index contributed by atoms with van der Waals surface area (Å²) < 4.78 is 57.7. The van der Waals surface area contributed by atoms with Crippen LogP contribution in [-0.2, 0) is 21.2 Å². The summed E-state index contributed by atoms with van der Waals surface area (Å²) in [4.78, 5) is 12.5. The second-order valence-corrected chi connectivity index (χ2v) is 9.40. The molecule has 9 heteroatoms. The van der Waals surface area contributed by atoms with Gasteiger partial charge in [0, 0.05) is 12.6 Å². The normalized spacial score (nSPS) is 12.5. The Hall–Kier alpha value is -2.68. The van der Waals surface area contributed by atoms with E-state index in [1.807, 2.05) is 38.1 Å². The summed E-state index contributed by atoms with van der Waals surface area (Å²) in [6.45, 7) is 5.62. The Morgan fingerprint density at radius 1 is 1.10 bits per heavy atom. The third kappa shape index (κ3) is 7.20. The van der Waals surface area contributed by atoms with Crippen molar-refractivity contribution in [2.75, 3.05) is 17.1 Å². The number of anilines is 1. The van der Waals surface area contributed by atoms with Crippen LogP contribution in [0.25, 0.3) is 0 Å². The average Bonchev–Trinajstić information content (AvgIpc) is 2.66. The van der Waals surface area contributed by atoms with Crippen molar-refractivity contribution < 1.29 is 26.7 Å². The summed E-state index contributed by atoms with van der Waals surface area (Å²) in [5, 5.41) is 2.70. The number of hydrogen-bond donors (Lipinski definition) is 1. The first-order chi connectivity index (χ1) is 14.5. The molecule has 0 aliphatic heterocycles. The maximum absolute atomic E-state index is 13.6. The van der Waals surface area contributed by atoms with Gasteiger partial charge in [-0.25, -0.2) is 17.2 Å². The zero-order valence-electron chi connectivity index (χ0n) is 18.1. The van der Waals surface area contributed by atoms with Crippen molar-refractivity contribution in [1.29, 1.82) is 0 Å². The molecule has 2 rings (SSSR count). The fraction of sp³-hybridized carbons (Fsp3) is 0.409. The Morgan fingerprint density at radius 3 is 2.42 bits per heavy atom. The van der Waals surface area contributed by atoms with Gasteiger partial charge in [0.15, 0.2) is 11.6 Å². The van der Waals surface area contributed by atoms with E-state index in [1.54, 1.807) is 0 Å². The van der Waals surface area contributed by atoms with Crippen LogP contribution in [0.3, 0.4) is 0 Å². The van der Waals surface area contributed by atoms with Crippen LogP contribution >= 0.6 is 0 Å². The van der Waals surface area contributed by atoms with Gasteiger partial charge in [0.05, 0.1) is 18.0 Å². The Bertz CT molecular complexity index is 1010. The molecule has 0 heterocycles. The number of amides is 1. The van der Waals surface area contributed by atoms with Crippen molar-refractivity contribution in [3.63, 3.8) is 0 Å². The minimum Gasteiger partial charge on any atom is -0.491 e. The highest BCUT2D eigenvalue weighted by Gasteiger charge is 2.29. The van der Waals surface area contributed by atoms with Crippen molar-refractivity contribution >= 4 is 21.6 Å². The van der Waals surface area contributed by atoms with Gasteiger partial charge in [-0.05, 0) is 63.4 Å². The van der Waals surface area contributed by atoms with E-state index in [0.717, 1.165) is 40.1 Å². The van der Waals surface area contributed by atoms with E-state index < -0.39 is 33.6 Å². The van der Waals surface area contributed by atoms with E-state index in [9.17, 15) is 22.0 Å². The first kappa shape index (κ1) is 24.6. The number of aryl methyl sites for hydroxylation is 1. The molecule has 0 saturated heterocycles. The van der Waals surface area contributed by atoms with Crippen LogP contribution in [-0.4, -0.2) is 39.3 Å². The SMILES string of the molecule is CC(C)Oc1cccc(CCCNC(=O)[C@H](C)N(c2ccc(F)c(F)c2)S(C)(=O)=O)c1. The quantitative estimate of drug-likeness (QED) is 0.556. The molecular formula is C22H28F2N2O4S. The van der Waals surface area contributed by atoms with Crippen LogP contribution in [0.5, 0.6) is 5.75 Å². The smallest absolute Gasteiger partial charge is 0.243 e. The molecular weight excluding hydrogens is 426 g/mol. The Morgan fingerprint density at radius 2 is 1.81 bits per heavy atom. The molecule has 0 spiro atoms. The lowest BCUT2D eigenvalue weighted by molar-refractivity contribution is -0.121. The summed E-state index contributed by atoms with van der Waals surface area (Å²) in [7, 11) is -3.91. The Balaban J connectivity index is 1.98. The lowest BCUT2D eigenvalue weighted by Crippen LogP contribution is -2.48. The number of carbonyl (C=O) groups excluding carboxylic acids is 1. The summed E-state index contributed by atoms with van der Waals surface area (Å²) >= 11 is 0. The van der Waals surface area contributed by atoms with Crippen LogP contribution in [0.2, 0.25) is 0 Å². The van der Waals surface area contributed by atoms with Gasteiger partial charge in [-0.15, -0.1) is 0 Å². The van der Waals surface area contributed by atoms with E-state index in [2.05, 4.69) is 5.32 Å². The van der Waals surface area contributed by atoms with Gasteiger partial charge in [0.2, 0.25) is 15.9 Å². The number of nitrogens with zero attached hydrogens (tertiary/aromatic N) is 1. The standard InChI is InChI=1S/C22H28F2N2O4S/c1-15(2)30-19-9-5-7-17(13-19)8-6-12-25-22(27)16(3)26(31(4,28)29)18-10-11-20(23)21(24)14-18/h5,7,9-11,13-16H,6,8,12H2,1-4H3,(H,25,27)/t16-/m0/s1. The second-order valence-electron chi connectivity index (χ2n) is 7.54. The average molecular weight is 455 g/mol. The number of benzene rings is 2. The van der Waals surface area contributed by atoms with Crippen LogP contribution in [0.15, 0.2) is 42.5 Å². The predicted molar refractivity (Wildman–Crippen MR) is 117 cm³/mol. The molecule has 0 saturated carbocycles. The molecule has 2 aromatic rings. The van der Waals surface area contributed by atoms with Gasteiger partial charge in [-0.3, -0.25) is 9.10 Å². The second kappa shape index (κ2) is 10.6. The number of halogens is 2. The van der Waals surface area contributed by atoms with E-state index in [0.29, 0.717) is 19.4 Å². The Labute approximate surface area is 182 Å². The van der Waals surface area contributed by atoms with Crippen LogP contribution < -0.4 is 14.4 Å². The highest BCUT2D eigenvalue weighted by Crippen LogP contribution is 2.23. The molecule has 0 unspecified atom stereocenters. The maximum atomic E-state index is 13.6. The molecule has 0 aliphatic carbocycles. The number of hydrogen-bond acceptors (Lipinski definition) is 4. The number of nitrogens with one attached hydrogen (secondary N) is 1. The molecule has 0 fully saturated rings. The van der Waals surface area contributed by atoms with Crippen molar-refractivity contribution in [3.05, 3.63) is 59.7 Å². The van der Waals surface area contributed by atoms with E-state index in [4.69, 9.17) is 4.74 Å². The van der Waals surface area contributed by atoms with Gasteiger partial charge < -0.3 is 10.1 Å². The molecule has 1 N–H and O–H groups in total. The van der Waals surface area contributed by atoms with E-state index in [-0.39, 0.29) is 11.8 Å². The van der Waals surface area contributed by atoms with Gasteiger partial charge in [0.1, 0.15) is 11.8 Å². The zero-order chi connectivity index (χ0) is 23.2. The first-order valence-corrected chi connectivity index (χ1v) is 11.8. The minimum absolute atomic E-state index is 0.0726. The van der Waals surface area contributed by atoms with Gasteiger partial charge in [-0.1, -0.05) is 12.1 Å². The van der Waals surface area contributed by atoms with Crippen molar-refractivity contribution in [2.24, 2.45) is 0 Å². The Kier molecular flexibility index (Phi) is 8.38. The van der Waals surface area contributed by atoms with Gasteiger partial charge >= 0.3 is 0 Å². The van der Waals surface area contributed by atoms with Crippen LogP contribution in [0.4, 0.5) is 14.5 Å². The molecule has 31 heavy (non-hydrogen) atoms. The molecule has 6 nitrogen and oxygen atoms in total. The topological polar surface area (TPSA) is 75.7 Å². The minimum atomic E-state index is -3.91. The number of sulfonamides is 1. The number of rotatable bonds is 10. The summed E-state index contributed by atoms with van der Waals surface area (Å²) in [6, 6.07) is 9.25. The molecule has 0 aliphatic rings. The van der Waals surface area contributed by atoms with Gasteiger partial charge in [-0.2, -0.15) is 0 Å². The maximum Gasteiger partial charge on any atom is 0.243 e. The monoisotopic (exact) mass is 454 g/mol. The highest BCUT2D eigenvalue weighted by atomic mass is 32.2. The fourth-order valence-corrected chi connectivity index (χ4v) is 4.30. The van der Waals surface area contributed by atoms with E-state index >= 15 is 0 Å². The van der Waals surface area contributed by atoms with Crippen LogP contribution in [0.1, 0.15) is 32.8 Å². The zero-order valence-corrected chi connectivity index (χ0v) is 18.9. The largest absolute Gasteiger partial charge is 0.491 e. The summed E-state index contributed by atoms with van der Waals surface area (Å²) in [5.74, 6) is -2.05. The molecule has 1 atom stereocenters.